The van der Waals surface area contributed by atoms with E-state index in [1.54, 1.807) is 6.08 Å². The van der Waals surface area contributed by atoms with Crippen LogP contribution in [0.25, 0.3) is 0 Å². The summed E-state index contributed by atoms with van der Waals surface area (Å²) in [6, 6.07) is 0. The summed E-state index contributed by atoms with van der Waals surface area (Å²) in [7, 11) is 0. The molecule has 2 aliphatic rings. The molecule has 4 nitrogen and oxygen atoms in total. The molecule has 0 aromatic rings. The van der Waals surface area contributed by atoms with Crippen molar-refractivity contribution in [1.29, 1.82) is 0 Å². The van der Waals surface area contributed by atoms with Gasteiger partial charge in [0.25, 0.3) is 0 Å². The van der Waals surface area contributed by atoms with E-state index in [1.807, 2.05) is 6.92 Å². The van der Waals surface area contributed by atoms with Gasteiger partial charge < -0.3 is 14.9 Å². The molecule has 3 atom stereocenters. The molecular weight excluding hydrogens is 244 g/mol. The van der Waals surface area contributed by atoms with Gasteiger partial charge in [0.15, 0.2) is 0 Å². The maximum atomic E-state index is 11.6. The van der Waals surface area contributed by atoms with Gasteiger partial charge in [-0.1, -0.05) is 18.2 Å². The fraction of sp³-hybridized carbons (Fsp3) is 0.533. The van der Waals surface area contributed by atoms with E-state index < -0.39 is 24.1 Å². The third-order valence-electron chi connectivity index (χ3n) is 3.77. The maximum Gasteiger partial charge on any atom is 0.334 e. The number of aliphatic hydroxyl groups excluding tert-OH is 2. The van der Waals surface area contributed by atoms with Crippen LogP contribution in [0.5, 0.6) is 0 Å². The average molecular weight is 264 g/mol. The summed E-state index contributed by atoms with van der Waals surface area (Å²) >= 11 is 0. The monoisotopic (exact) mass is 264 g/mol. The molecule has 0 aromatic carbocycles. The van der Waals surface area contributed by atoms with Gasteiger partial charge in [0.1, 0.15) is 6.10 Å². The van der Waals surface area contributed by atoms with Crippen molar-refractivity contribution in [3.05, 3.63) is 35.5 Å². The topological polar surface area (TPSA) is 66.8 Å². The molecule has 19 heavy (non-hydrogen) atoms. The van der Waals surface area contributed by atoms with Crippen molar-refractivity contribution >= 4 is 5.97 Å². The van der Waals surface area contributed by atoms with E-state index in [4.69, 9.17) is 4.74 Å². The number of rotatable bonds is 1. The van der Waals surface area contributed by atoms with Crippen molar-refractivity contribution in [2.24, 2.45) is 5.92 Å². The molecule has 1 fully saturated rings. The fourth-order valence-electron chi connectivity index (χ4n) is 2.69. The fourth-order valence-corrected chi connectivity index (χ4v) is 2.69. The van der Waals surface area contributed by atoms with E-state index in [1.165, 1.54) is 0 Å². The summed E-state index contributed by atoms with van der Waals surface area (Å²) in [6.07, 6.45) is 4.69. The molecule has 1 heterocycles. The van der Waals surface area contributed by atoms with E-state index in [0.29, 0.717) is 12.0 Å². The van der Waals surface area contributed by atoms with Crippen LogP contribution >= 0.6 is 0 Å². The van der Waals surface area contributed by atoms with Gasteiger partial charge in [0, 0.05) is 5.57 Å². The summed E-state index contributed by atoms with van der Waals surface area (Å²) in [6.45, 7) is 5.63. The zero-order chi connectivity index (χ0) is 14.0. The van der Waals surface area contributed by atoms with Gasteiger partial charge in [-0.2, -0.15) is 0 Å². The van der Waals surface area contributed by atoms with Gasteiger partial charge in [-0.15, -0.1) is 0 Å². The summed E-state index contributed by atoms with van der Waals surface area (Å²) < 4.78 is 5.24. The molecule has 0 saturated carbocycles. The molecule has 4 heteroatoms. The first-order chi connectivity index (χ1) is 9.02. The Hall–Kier alpha value is -1.39. The second-order valence-electron chi connectivity index (χ2n) is 5.26. The lowest BCUT2D eigenvalue weighted by Crippen LogP contribution is -2.29. The number of fused-ring (bicyclic) bond motifs is 1. The minimum atomic E-state index is -0.686. The molecule has 0 unspecified atom stereocenters. The molecular formula is C15H20O4. The maximum absolute atomic E-state index is 11.6. The quantitative estimate of drug-likeness (QED) is 0.428. The van der Waals surface area contributed by atoms with Gasteiger partial charge in [0.2, 0.25) is 0 Å². The van der Waals surface area contributed by atoms with Crippen molar-refractivity contribution in [1.82, 2.24) is 0 Å². The highest BCUT2D eigenvalue weighted by Gasteiger charge is 2.41. The van der Waals surface area contributed by atoms with E-state index in [2.05, 4.69) is 12.7 Å². The van der Waals surface area contributed by atoms with Gasteiger partial charge in [-0.25, -0.2) is 4.79 Å². The van der Waals surface area contributed by atoms with Crippen molar-refractivity contribution < 1.29 is 19.7 Å². The highest BCUT2D eigenvalue weighted by Crippen LogP contribution is 2.34. The number of carbonyl (C=O) groups excluding carboxylic acids is 1. The van der Waals surface area contributed by atoms with Gasteiger partial charge in [-0.3, -0.25) is 0 Å². The predicted octanol–water partition coefficient (Wildman–Crippen LogP) is 1.49. The molecule has 0 amide bonds. The molecule has 0 aromatic heterocycles. The first-order valence-electron chi connectivity index (χ1n) is 6.57. The van der Waals surface area contributed by atoms with E-state index in [0.717, 1.165) is 24.0 Å². The van der Waals surface area contributed by atoms with Gasteiger partial charge >= 0.3 is 5.97 Å². The number of hydrogen-bond donors (Lipinski definition) is 2. The summed E-state index contributed by atoms with van der Waals surface area (Å²) in [5, 5.41) is 19.6. The van der Waals surface area contributed by atoms with Crippen molar-refractivity contribution in [3.63, 3.8) is 0 Å². The number of allylic oxidation sites excluding steroid dienone is 1. The zero-order valence-corrected chi connectivity index (χ0v) is 11.1. The molecule has 0 spiro atoms. The second-order valence-corrected chi connectivity index (χ2v) is 5.26. The largest absolute Gasteiger partial charge is 0.454 e. The molecule has 2 rings (SSSR count). The number of hydrogen-bond acceptors (Lipinski definition) is 4. The average Bonchev–Trinajstić information content (AvgIpc) is 2.63. The van der Waals surface area contributed by atoms with Crippen molar-refractivity contribution in [3.8, 4) is 0 Å². The first kappa shape index (κ1) is 14.0. The Kier molecular flexibility index (Phi) is 4.22. The Balaban J connectivity index is 2.34. The van der Waals surface area contributed by atoms with Crippen molar-refractivity contribution in [2.45, 2.75) is 38.4 Å². The molecule has 1 saturated heterocycles. The highest BCUT2D eigenvalue weighted by atomic mass is 16.6. The minimum absolute atomic E-state index is 0.0593. The molecule has 1 aliphatic heterocycles. The normalized spacial score (nSPS) is 35.0. The third-order valence-corrected chi connectivity index (χ3v) is 3.77. The lowest BCUT2D eigenvalue weighted by atomic mass is 9.85. The van der Waals surface area contributed by atoms with Gasteiger partial charge in [-0.05, 0) is 37.8 Å². The van der Waals surface area contributed by atoms with Crippen LogP contribution in [-0.2, 0) is 9.53 Å². The zero-order valence-electron chi connectivity index (χ0n) is 11.1. The van der Waals surface area contributed by atoms with Crippen LogP contribution in [0.15, 0.2) is 35.5 Å². The van der Waals surface area contributed by atoms with Crippen LogP contribution in [0, 0.1) is 5.92 Å². The van der Waals surface area contributed by atoms with E-state index >= 15 is 0 Å². The Morgan fingerprint density at radius 3 is 2.95 bits per heavy atom. The standard InChI is InChI=1S/C15H20O4/c1-9-4-3-5-11(8-16)7-13-14(12(17)6-9)10(2)15(18)19-13/h4,7,12-14,16-17H,2-3,5-6,8H2,1H3/b9-4-,11-7?/t12-,13+,14+/m0/s1. The highest BCUT2D eigenvalue weighted by molar-refractivity contribution is 5.91. The van der Waals surface area contributed by atoms with Crippen molar-refractivity contribution in [2.75, 3.05) is 6.61 Å². The van der Waals surface area contributed by atoms with Crippen LogP contribution in [0.1, 0.15) is 26.2 Å². The first-order valence-corrected chi connectivity index (χ1v) is 6.57. The van der Waals surface area contributed by atoms with E-state index in [9.17, 15) is 15.0 Å². The summed E-state index contributed by atoms with van der Waals surface area (Å²) in [4.78, 5) is 11.6. The Bertz CT molecular complexity index is 447. The Morgan fingerprint density at radius 1 is 1.53 bits per heavy atom. The van der Waals surface area contributed by atoms with Crippen LogP contribution in [0.3, 0.4) is 0 Å². The lowest BCUT2D eigenvalue weighted by molar-refractivity contribution is -0.137. The Morgan fingerprint density at radius 2 is 2.26 bits per heavy atom. The predicted molar refractivity (Wildman–Crippen MR) is 71.3 cm³/mol. The number of aliphatic hydroxyl groups is 2. The Labute approximate surface area is 113 Å². The van der Waals surface area contributed by atoms with Crippen LogP contribution in [0.4, 0.5) is 0 Å². The van der Waals surface area contributed by atoms with Gasteiger partial charge in [0.05, 0.1) is 18.6 Å². The summed E-state index contributed by atoms with van der Waals surface area (Å²) in [5.41, 5.74) is 2.23. The minimum Gasteiger partial charge on any atom is -0.454 e. The molecule has 0 radical (unpaired) electrons. The van der Waals surface area contributed by atoms with Crippen LogP contribution in [-0.4, -0.2) is 35.0 Å². The third kappa shape index (κ3) is 2.96. The second kappa shape index (κ2) is 5.72. The SMILES string of the molecule is C=C1C(=O)O[C@@H]2C=C(CO)CC/C=C(/C)C[C@H](O)[C@@H]12. The molecule has 1 aliphatic carbocycles. The smallest absolute Gasteiger partial charge is 0.334 e. The van der Waals surface area contributed by atoms with E-state index in [-0.39, 0.29) is 6.61 Å². The lowest BCUT2D eigenvalue weighted by Gasteiger charge is -2.23. The molecule has 2 N–H and O–H groups in total. The molecule has 0 bridgehead atoms. The number of ether oxygens (including phenoxy) is 1. The molecule has 104 valence electrons. The number of esters is 1. The van der Waals surface area contributed by atoms with Crippen LogP contribution < -0.4 is 0 Å². The summed E-state index contributed by atoms with van der Waals surface area (Å²) in [5.74, 6) is -0.876. The number of carbonyl (C=O) groups is 1. The van der Waals surface area contributed by atoms with Crippen LogP contribution in [0.2, 0.25) is 0 Å².